The molecule has 1 fully saturated rings. The molecule has 11 heteroatoms. The fraction of sp³-hybridized carbons (Fsp3) is 0.250. The van der Waals surface area contributed by atoms with Gasteiger partial charge in [0.05, 0.1) is 33.6 Å². The summed E-state index contributed by atoms with van der Waals surface area (Å²) in [5, 5.41) is 11.9. The Morgan fingerprint density at radius 1 is 1.42 bits per heavy atom. The summed E-state index contributed by atoms with van der Waals surface area (Å²) in [6.45, 7) is 3.52. The Kier molecular flexibility index (Phi) is 5.59. The van der Waals surface area contributed by atoms with E-state index in [1.807, 2.05) is 0 Å². The van der Waals surface area contributed by atoms with Crippen molar-refractivity contribution in [3.63, 3.8) is 0 Å². The molecule has 2 aliphatic heterocycles. The van der Waals surface area contributed by atoms with Crippen LogP contribution >= 0.6 is 23.4 Å². The van der Waals surface area contributed by atoms with Gasteiger partial charge in [-0.2, -0.15) is 0 Å². The average Bonchev–Trinajstić information content (AvgIpc) is 3.34. The maximum absolute atomic E-state index is 12.7. The van der Waals surface area contributed by atoms with Crippen molar-refractivity contribution < 1.29 is 23.7 Å². The van der Waals surface area contributed by atoms with E-state index >= 15 is 0 Å². The van der Waals surface area contributed by atoms with Gasteiger partial charge in [0.1, 0.15) is 17.6 Å². The summed E-state index contributed by atoms with van der Waals surface area (Å²) in [5.41, 5.74) is 0.821. The van der Waals surface area contributed by atoms with Crippen LogP contribution in [0.2, 0.25) is 5.02 Å². The fourth-order valence-corrected chi connectivity index (χ4v) is 4.59. The van der Waals surface area contributed by atoms with E-state index in [1.165, 1.54) is 34.9 Å². The molecule has 0 spiro atoms. The SMILES string of the molecule is CCOC(=O)C1=C(C)N=C2SCC(=O)N2[C@@H]1c1ccc(-c2cc([N+](=O)[O-])ccc2Cl)o1. The first kappa shape index (κ1) is 21.1. The van der Waals surface area contributed by atoms with Gasteiger partial charge < -0.3 is 9.15 Å². The number of allylic oxidation sites excluding steroid dienone is 1. The van der Waals surface area contributed by atoms with E-state index in [4.69, 9.17) is 20.8 Å². The van der Waals surface area contributed by atoms with Crippen LogP contribution in [0.5, 0.6) is 0 Å². The van der Waals surface area contributed by atoms with Crippen molar-refractivity contribution >= 4 is 46.1 Å². The predicted octanol–water partition coefficient (Wildman–Crippen LogP) is 4.33. The summed E-state index contributed by atoms with van der Waals surface area (Å²) in [4.78, 5) is 41.7. The minimum absolute atomic E-state index is 0.140. The fourth-order valence-electron chi connectivity index (χ4n) is 3.44. The zero-order chi connectivity index (χ0) is 22.3. The summed E-state index contributed by atoms with van der Waals surface area (Å²) in [6, 6.07) is 6.36. The second-order valence-electron chi connectivity index (χ2n) is 6.69. The lowest BCUT2D eigenvalue weighted by Gasteiger charge is -2.31. The van der Waals surface area contributed by atoms with E-state index in [9.17, 15) is 19.7 Å². The minimum atomic E-state index is -0.861. The number of aliphatic imine (C=N–C) groups is 1. The van der Waals surface area contributed by atoms with Crippen LogP contribution in [0.15, 0.2) is 51.0 Å². The predicted molar refractivity (Wildman–Crippen MR) is 115 cm³/mol. The van der Waals surface area contributed by atoms with Gasteiger partial charge in [-0.05, 0) is 32.0 Å². The molecule has 1 amide bonds. The maximum Gasteiger partial charge on any atom is 0.338 e. The standard InChI is InChI=1S/C20H16ClN3O6S/c1-3-29-19(26)17-10(2)22-20-23(16(25)9-31-20)18(17)15-7-6-14(30-15)12-8-11(24(27)28)4-5-13(12)21/h4-8,18H,3,9H2,1-2H3/t18-/m1/s1. The first-order valence-corrected chi connectivity index (χ1v) is 10.6. The molecule has 1 saturated heterocycles. The van der Waals surface area contributed by atoms with Gasteiger partial charge in [-0.15, -0.1) is 0 Å². The molecule has 2 aromatic rings. The molecule has 160 valence electrons. The monoisotopic (exact) mass is 461 g/mol. The van der Waals surface area contributed by atoms with Crippen LogP contribution < -0.4 is 0 Å². The Morgan fingerprint density at radius 3 is 2.90 bits per heavy atom. The number of hydrogen-bond donors (Lipinski definition) is 0. The van der Waals surface area contributed by atoms with Gasteiger partial charge in [0, 0.05) is 17.7 Å². The highest BCUT2D eigenvalue weighted by Crippen LogP contribution is 2.43. The van der Waals surface area contributed by atoms with Crippen molar-refractivity contribution in [2.24, 2.45) is 4.99 Å². The highest BCUT2D eigenvalue weighted by molar-refractivity contribution is 8.15. The second kappa shape index (κ2) is 8.20. The van der Waals surface area contributed by atoms with Crippen molar-refractivity contribution in [1.82, 2.24) is 4.90 Å². The van der Waals surface area contributed by atoms with Crippen molar-refractivity contribution in [3.8, 4) is 11.3 Å². The highest BCUT2D eigenvalue weighted by atomic mass is 35.5. The zero-order valence-electron chi connectivity index (χ0n) is 16.5. The summed E-state index contributed by atoms with van der Waals surface area (Å²) < 4.78 is 11.2. The number of ether oxygens (including phenoxy) is 1. The van der Waals surface area contributed by atoms with Crippen LogP contribution in [0.3, 0.4) is 0 Å². The molecule has 0 aliphatic carbocycles. The number of esters is 1. The second-order valence-corrected chi connectivity index (χ2v) is 8.04. The molecule has 0 N–H and O–H groups in total. The van der Waals surface area contributed by atoms with Crippen LogP contribution in [0.25, 0.3) is 11.3 Å². The Hall–Kier alpha value is -3.11. The maximum atomic E-state index is 12.7. The van der Waals surface area contributed by atoms with Gasteiger partial charge in [-0.25, -0.2) is 9.79 Å². The van der Waals surface area contributed by atoms with Crippen molar-refractivity contribution in [2.45, 2.75) is 19.9 Å². The molecule has 31 heavy (non-hydrogen) atoms. The number of halogens is 1. The highest BCUT2D eigenvalue weighted by Gasteiger charge is 2.44. The van der Waals surface area contributed by atoms with E-state index in [2.05, 4.69) is 4.99 Å². The van der Waals surface area contributed by atoms with E-state index in [-0.39, 0.29) is 40.3 Å². The summed E-state index contributed by atoms with van der Waals surface area (Å²) in [6.07, 6.45) is 0. The Bertz CT molecular complexity index is 1170. The molecule has 0 unspecified atom stereocenters. The summed E-state index contributed by atoms with van der Waals surface area (Å²) in [7, 11) is 0. The van der Waals surface area contributed by atoms with E-state index in [1.54, 1.807) is 26.0 Å². The molecule has 3 heterocycles. The van der Waals surface area contributed by atoms with Gasteiger partial charge in [-0.1, -0.05) is 23.4 Å². The van der Waals surface area contributed by atoms with E-state index < -0.39 is 16.9 Å². The van der Waals surface area contributed by atoms with Gasteiger partial charge in [0.15, 0.2) is 5.17 Å². The molecule has 2 aliphatic rings. The number of carbonyl (C=O) groups excluding carboxylic acids is 2. The van der Waals surface area contributed by atoms with E-state index in [0.717, 1.165) is 0 Å². The number of non-ortho nitro benzene ring substituents is 1. The quantitative estimate of drug-likeness (QED) is 0.369. The number of carbonyl (C=O) groups is 2. The Morgan fingerprint density at radius 2 is 2.19 bits per heavy atom. The van der Waals surface area contributed by atoms with Gasteiger partial charge in [0.2, 0.25) is 5.91 Å². The summed E-state index contributed by atoms with van der Waals surface area (Å²) >= 11 is 7.51. The largest absolute Gasteiger partial charge is 0.463 e. The lowest BCUT2D eigenvalue weighted by molar-refractivity contribution is -0.384. The lowest BCUT2D eigenvalue weighted by atomic mass is 10.00. The smallest absolute Gasteiger partial charge is 0.338 e. The van der Waals surface area contributed by atoms with Gasteiger partial charge in [-0.3, -0.25) is 19.8 Å². The van der Waals surface area contributed by atoms with Crippen LogP contribution in [0, 0.1) is 10.1 Å². The molecule has 4 rings (SSSR count). The molecule has 0 bridgehead atoms. The molecular weight excluding hydrogens is 446 g/mol. The normalized spacial score (nSPS) is 18.2. The number of nitro groups is 1. The Labute approximate surface area is 185 Å². The lowest BCUT2D eigenvalue weighted by Crippen LogP contribution is -2.39. The van der Waals surface area contributed by atoms with Crippen LogP contribution in [-0.4, -0.2) is 39.2 Å². The number of nitro benzene ring substituents is 1. The number of hydrogen-bond acceptors (Lipinski definition) is 8. The zero-order valence-corrected chi connectivity index (χ0v) is 18.0. The van der Waals surface area contributed by atoms with Crippen molar-refractivity contribution in [3.05, 3.63) is 62.5 Å². The van der Waals surface area contributed by atoms with Crippen LogP contribution in [0.1, 0.15) is 25.6 Å². The third-order valence-corrected chi connectivity index (χ3v) is 6.07. The van der Waals surface area contributed by atoms with Gasteiger partial charge >= 0.3 is 5.97 Å². The van der Waals surface area contributed by atoms with Crippen molar-refractivity contribution in [2.75, 3.05) is 12.4 Å². The summed E-state index contributed by atoms with van der Waals surface area (Å²) in [5.74, 6) is -0.0439. The number of furan rings is 1. The molecule has 0 radical (unpaired) electrons. The molecule has 1 aromatic heterocycles. The van der Waals surface area contributed by atoms with Crippen LogP contribution in [0.4, 0.5) is 5.69 Å². The Balaban J connectivity index is 1.81. The molecule has 1 atom stereocenters. The number of nitrogens with zero attached hydrogens (tertiary/aromatic N) is 3. The number of benzene rings is 1. The number of thioether (sulfide) groups is 1. The number of rotatable bonds is 5. The number of amides is 1. The first-order valence-electron chi connectivity index (χ1n) is 9.27. The minimum Gasteiger partial charge on any atom is -0.463 e. The molecule has 9 nitrogen and oxygen atoms in total. The van der Waals surface area contributed by atoms with Crippen molar-refractivity contribution in [1.29, 1.82) is 0 Å². The molecular formula is C20H16ClN3O6S. The van der Waals surface area contributed by atoms with E-state index in [0.29, 0.717) is 22.2 Å². The number of fused-ring (bicyclic) bond motifs is 1. The molecule has 0 saturated carbocycles. The molecule has 1 aromatic carbocycles. The van der Waals surface area contributed by atoms with Crippen LogP contribution in [-0.2, 0) is 14.3 Å². The average molecular weight is 462 g/mol. The topological polar surface area (TPSA) is 115 Å². The third kappa shape index (κ3) is 3.72. The first-order chi connectivity index (χ1) is 14.8. The number of amidine groups is 1. The van der Waals surface area contributed by atoms with Gasteiger partial charge in [0.25, 0.3) is 5.69 Å². The third-order valence-electron chi connectivity index (χ3n) is 4.80.